The van der Waals surface area contributed by atoms with E-state index < -0.39 is 5.92 Å². The van der Waals surface area contributed by atoms with Crippen molar-refractivity contribution in [2.75, 3.05) is 16.8 Å². The number of rotatable bonds is 6. The summed E-state index contributed by atoms with van der Waals surface area (Å²) in [7, 11) is 0. The van der Waals surface area contributed by atoms with Crippen LogP contribution in [0.25, 0.3) is 0 Å². The van der Waals surface area contributed by atoms with Crippen molar-refractivity contribution in [3.05, 3.63) is 33.8 Å². The molecule has 3 rings (SSSR count). The highest BCUT2D eigenvalue weighted by molar-refractivity contribution is 7.15. The molecule has 1 aliphatic heterocycles. The summed E-state index contributed by atoms with van der Waals surface area (Å²) in [4.78, 5) is 26.5. The van der Waals surface area contributed by atoms with Crippen molar-refractivity contribution in [3.8, 4) is 0 Å². The molecular formula is C18H21ClN4O2S. The Kier molecular flexibility index (Phi) is 5.88. The fourth-order valence-corrected chi connectivity index (χ4v) is 3.78. The molecule has 6 nitrogen and oxygen atoms in total. The van der Waals surface area contributed by atoms with Crippen LogP contribution in [0.4, 0.5) is 10.8 Å². The molecular weight excluding hydrogens is 372 g/mol. The fraction of sp³-hybridized carbons (Fsp3) is 0.444. The molecule has 2 aromatic rings. The highest BCUT2D eigenvalue weighted by Gasteiger charge is 2.35. The van der Waals surface area contributed by atoms with Crippen LogP contribution in [0.3, 0.4) is 0 Å². The number of carbonyl (C=O) groups excluding carboxylic acids is 2. The van der Waals surface area contributed by atoms with E-state index in [1.165, 1.54) is 11.3 Å². The van der Waals surface area contributed by atoms with Crippen molar-refractivity contribution in [1.82, 2.24) is 10.2 Å². The number of benzene rings is 1. The zero-order valence-electron chi connectivity index (χ0n) is 14.8. The smallest absolute Gasteiger partial charge is 0.231 e. The molecule has 2 amide bonds. The quantitative estimate of drug-likeness (QED) is 0.810. The van der Waals surface area contributed by atoms with Crippen LogP contribution in [-0.2, 0) is 16.0 Å². The Morgan fingerprint density at radius 2 is 2.23 bits per heavy atom. The van der Waals surface area contributed by atoms with Crippen molar-refractivity contribution >= 4 is 45.6 Å². The van der Waals surface area contributed by atoms with Gasteiger partial charge in [-0.15, -0.1) is 10.2 Å². The van der Waals surface area contributed by atoms with Gasteiger partial charge in [0.25, 0.3) is 0 Å². The van der Waals surface area contributed by atoms with Gasteiger partial charge in [-0.2, -0.15) is 0 Å². The van der Waals surface area contributed by atoms with E-state index in [-0.39, 0.29) is 18.2 Å². The van der Waals surface area contributed by atoms with E-state index in [4.69, 9.17) is 11.6 Å². The molecule has 1 N–H and O–H groups in total. The standard InChI is InChI=1S/C18H21ClN4O2S/c1-3-4-5-15-21-22-18(26-15)20-17(25)12-8-16(24)23(10-12)13-7-6-11(2)14(19)9-13/h6-7,9,12H,3-5,8,10H2,1-2H3,(H,20,22,25)/t12-/m1/s1. The first-order valence-corrected chi connectivity index (χ1v) is 9.87. The largest absolute Gasteiger partial charge is 0.312 e. The number of aromatic nitrogens is 2. The van der Waals surface area contributed by atoms with Crippen LogP contribution < -0.4 is 10.2 Å². The van der Waals surface area contributed by atoms with Gasteiger partial charge in [-0.1, -0.05) is 42.3 Å². The molecule has 0 unspecified atom stereocenters. The van der Waals surface area contributed by atoms with Gasteiger partial charge in [0.2, 0.25) is 16.9 Å². The van der Waals surface area contributed by atoms with E-state index in [1.54, 1.807) is 11.0 Å². The summed E-state index contributed by atoms with van der Waals surface area (Å²) in [6.45, 7) is 4.37. The molecule has 0 radical (unpaired) electrons. The lowest BCUT2D eigenvalue weighted by Crippen LogP contribution is -2.28. The molecule has 8 heteroatoms. The lowest BCUT2D eigenvalue weighted by atomic mass is 10.1. The summed E-state index contributed by atoms with van der Waals surface area (Å²) >= 11 is 7.54. The predicted molar refractivity (Wildman–Crippen MR) is 104 cm³/mol. The molecule has 1 aliphatic rings. The highest BCUT2D eigenvalue weighted by atomic mass is 35.5. The Hall–Kier alpha value is -1.99. The second kappa shape index (κ2) is 8.14. The number of nitrogens with one attached hydrogen (secondary N) is 1. The molecule has 1 fully saturated rings. The number of hydrogen-bond donors (Lipinski definition) is 1. The highest BCUT2D eigenvalue weighted by Crippen LogP contribution is 2.29. The van der Waals surface area contributed by atoms with Crippen LogP contribution in [0.15, 0.2) is 18.2 Å². The van der Waals surface area contributed by atoms with Gasteiger partial charge >= 0.3 is 0 Å². The third kappa shape index (κ3) is 4.22. The van der Waals surface area contributed by atoms with Crippen LogP contribution in [0, 0.1) is 12.8 Å². The van der Waals surface area contributed by atoms with Crippen molar-refractivity contribution in [3.63, 3.8) is 0 Å². The summed E-state index contributed by atoms with van der Waals surface area (Å²) in [6.07, 6.45) is 3.19. The van der Waals surface area contributed by atoms with E-state index in [1.807, 2.05) is 19.1 Å². The minimum absolute atomic E-state index is 0.0778. The van der Waals surface area contributed by atoms with Crippen LogP contribution >= 0.6 is 22.9 Å². The summed E-state index contributed by atoms with van der Waals surface area (Å²) < 4.78 is 0. The van der Waals surface area contributed by atoms with Gasteiger partial charge < -0.3 is 10.2 Å². The molecule has 0 bridgehead atoms. The third-order valence-electron chi connectivity index (χ3n) is 4.40. The maximum Gasteiger partial charge on any atom is 0.231 e. The second-order valence-corrected chi connectivity index (χ2v) is 7.90. The maximum absolute atomic E-state index is 12.5. The minimum atomic E-state index is -0.412. The van der Waals surface area contributed by atoms with Gasteiger partial charge in [0.05, 0.1) is 5.92 Å². The Bertz CT molecular complexity index is 823. The Labute approximate surface area is 161 Å². The van der Waals surface area contributed by atoms with Gasteiger partial charge in [-0.25, -0.2) is 0 Å². The molecule has 1 atom stereocenters. The molecule has 138 valence electrons. The van der Waals surface area contributed by atoms with E-state index in [9.17, 15) is 9.59 Å². The lowest BCUT2D eigenvalue weighted by Gasteiger charge is -2.17. The molecule has 2 heterocycles. The normalized spacial score (nSPS) is 17.0. The van der Waals surface area contributed by atoms with Gasteiger partial charge in [0.1, 0.15) is 5.01 Å². The SMILES string of the molecule is CCCCc1nnc(NC(=O)[C@@H]2CC(=O)N(c3ccc(C)c(Cl)c3)C2)s1. The van der Waals surface area contributed by atoms with Crippen LogP contribution in [0.5, 0.6) is 0 Å². The van der Waals surface area contributed by atoms with Crippen molar-refractivity contribution in [1.29, 1.82) is 0 Å². The van der Waals surface area contributed by atoms with Crippen molar-refractivity contribution in [2.24, 2.45) is 5.92 Å². The minimum Gasteiger partial charge on any atom is -0.312 e. The molecule has 1 aromatic carbocycles. The van der Waals surface area contributed by atoms with Gasteiger partial charge in [0, 0.05) is 30.1 Å². The van der Waals surface area contributed by atoms with Gasteiger partial charge in [0.15, 0.2) is 0 Å². The van der Waals surface area contributed by atoms with Gasteiger partial charge in [-0.3, -0.25) is 9.59 Å². The number of carbonyl (C=O) groups is 2. The first-order valence-electron chi connectivity index (χ1n) is 8.67. The molecule has 0 aliphatic carbocycles. The van der Waals surface area contributed by atoms with E-state index in [2.05, 4.69) is 22.4 Å². The van der Waals surface area contributed by atoms with Crippen LogP contribution in [0.2, 0.25) is 5.02 Å². The Morgan fingerprint density at radius 3 is 2.96 bits per heavy atom. The summed E-state index contributed by atoms with van der Waals surface area (Å²) in [5.41, 5.74) is 1.67. The molecule has 26 heavy (non-hydrogen) atoms. The van der Waals surface area contributed by atoms with Crippen molar-refractivity contribution < 1.29 is 9.59 Å². The number of aryl methyl sites for hydroxylation is 2. The monoisotopic (exact) mass is 392 g/mol. The number of hydrogen-bond acceptors (Lipinski definition) is 5. The average molecular weight is 393 g/mol. The molecule has 0 saturated carbocycles. The van der Waals surface area contributed by atoms with E-state index in [0.717, 1.165) is 35.5 Å². The maximum atomic E-state index is 12.5. The molecule has 0 spiro atoms. The van der Waals surface area contributed by atoms with Crippen LogP contribution in [0.1, 0.15) is 36.8 Å². The zero-order chi connectivity index (χ0) is 18.7. The van der Waals surface area contributed by atoms with Crippen molar-refractivity contribution in [2.45, 2.75) is 39.5 Å². The van der Waals surface area contributed by atoms with E-state index >= 15 is 0 Å². The summed E-state index contributed by atoms with van der Waals surface area (Å²) in [6, 6.07) is 5.49. The summed E-state index contributed by atoms with van der Waals surface area (Å²) in [5, 5.41) is 12.9. The molecule has 1 saturated heterocycles. The fourth-order valence-electron chi connectivity index (χ4n) is 2.82. The topological polar surface area (TPSA) is 75.2 Å². The zero-order valence-corrected chi connectivity index (χ0v) is 16.4. The predicted octanol–water partition coefficient (Wildman–Crippen LogP) is 3.83. The Balaban J connectivity index is 1.63. The lowest BCUT2D eigenvalue weighted by molar-refractivity contribution is -0.122. The second-order valence-electron chi connectivity index (χ2n) is 6.43. The number of halogens is 1. The third-order valence-corrected chi connectivity index (χ3v) is 5.71. The first-order chi connectivity index (χ1) is 12.5. The number of anilines is 2. The summed E-state index contributed by atoms with van der Waals surface area (Å²) in [5.74, 6) is -0.686. The number of amides is 2. The Morgan fingerprint density at radius 1 is 1.42 bits per heavy atom. The number of nitrogens with zero attached hydrogens (tertiary/aromatic N) is 3. The van der Waals surface area contributed by atoms with Gasteiger partial charge in [-0.05, 0) is 31.0 Å². The first kappa shape index (κ1) is 18.8. The number of unbranched alkanes of at least 4 members (excludes halogenated alkanes) is 1. The average Bonchev–Trinajstić information content (AvgIpc) is 3.22. The van der Waals surface area contributed by atoms with E-state index in [0.29, 0.717) is 16.7 Å². The molecule has 1 aromatic heterocycles. The van der Waals surface area contributed by atoms with Crippen LogP contribution in [-0.4, -0.2) is 28.6 Å².